The zero-order chi connectivity index (χ0) is 9.40. The first kappa shape index (κ1) is 10.9. The summed E-state index contributed by atoms with van der Waals surface area (Å²) < 4.78 is 0. The summed E-state index contributed by atoms with van der Waals surface area (Å²) in [6.07, 6.45) is 0.767. The van der Waals surface area contributed by atoms with Gasteiger partial charge in [0.2, 0.25) is 5.91 Å². The van der Waals surface area contributed by atoms with Gasteiger partial charge in [-0.3, -0.25) is 4.79 Å². The third kappa shape index (κ3) is 3.94. The van der Waals surface area contributed by atoms with Crippen molar-refractivity contribution in [2.75, 3.05) is 19.6 Å². The maximum Gasteiger partial charge on any atom is 0.223 e. The van der Waals surface area contributed by atoms with E-state index >= 15 is 0 Å². The molecule has 0 rings (SSSR count). The van der Waals surface area contributed by atoms with Crippen LogP contribution in [0.3, 0.4) is 0 Å². The average Bonchev–Trinajstić information content (AvgIpc) is 2.06. The monoisotopic (exact) mass is 169 g/mol. The Kier molecular flexibility index (Phi) is 6.02. The summed E-state index contributed by atoms with van der Waals surface area (Å²) in [4.78, 5) is 12.9. The average molecular weight is 169 g/mol. The molecule has 68 valence electrons. The Balaban J connectivity index is 3.80. The minimum Gasteiger partial charge on any atom is -0.342 e. The van der Waals surface area contributed by atoms with E-state index in [0.29, 0.717) is 32.5 Å². The van der Waals surface area contributed by atoms with Crippen molar-refractivity contribution in [1.29, 1.82) is 5.26 Å². The van der Waals surface area contributed by atoms with E-state index < -0.39 is 0 Å². The Morgan fingerprint density at radius 1 is 1.67 bits per heavy atom. The number of hydrogen-bond donors (Lipinski definition) is 1. The van der Waals surface area contributed by atoms with E-state index in [0.717, 1.165) is 0 Å². The van der Waals surface area contributed by atoms with Gasteiger partial charge in [0, 0.05) is 26.1 Å². The molecule has 0 aromatic rings. The molecule has 0 saturated heterocycles. The molecule has 0 aliphatic heterocycles. The lowest BCUT2D eigenvalue weighted by molar-refractivity contribution is -0.130. The van der Waals surface area contributed by atoms with Crippen molar-refractivity contribution < 1.29 is 4.79 Å². The molecule has 0 atom stereocenters. The summed E-state index contributed by atoms with van der Waals surface area (Å²) in [6, 6.07) is 2.00. The fourth-order valence-electron chi connectivity index (χ4n) is 0.926. The second-order valence-corrected chi connectivity index (χ2v) is 2.42. The summed E-state index contributed by atoms with van der Waals surface area (Å²) in [7, 11) is 0. The van der Waals surface area contributed by atoms with Crippen molar-refractivity contribution in [3.8, 4) is 6.07 Å². The molecule has 0 radical (unpaired) electrons. The van der Waals surface area contributed by atoms with Crippen LogP contribution in [0.5, 0.6) is 0 Å². The third-order valence-corrected chi connectivity index (χ3v) is 1.59. The van der Waals surface area contributed by atoms with Crippen molar-refractivity contribution >= 4 is 5.91 Å². The lowest BCUT2D eigenvalue weighted by atomic mass is 10.3. The van der Waals surface area contributed by atoms with E-state index in [2.05, 4.69) is 0 Å². The predicted molar refractivity (Wildman–Crippen MR) is 46.2 cm³/mol. The topological polar surface area (TPSA) is 70.1 Å². The van der Waals surface area contributed by atoms with E-state index in [1.165, 1.54) is 0 Å². The molecular weight excluding hydrogens is 154 g/mol. The van der Waals surface area contributed by atoms with Crippen LogP contribution >= 0.6 is 0 Å². The van der Waals surface area contributed by atoms with Gasteiger partial charge < -0.3 is 10.6 Å². The molecule has 0 aromatic heterocycles. The standard InChI is InChI=1S/C8H15N3O/c1-2-11(7-3-5-9)8(12)4-6-10/h2-4,6-7,10H2,1H3. The van der Waals surface area contributed by atoms with Gasteiger partial charge >= 0.3 is 0 Å². The number of nitriles is 1. The SMILES string of the molecule is CCN(CCC#N)C(=O)CCN. The van der Waals surface area contributed by atoms with Crippen LogP contribution in [0.4, 0.5) is 0 Å². The van der Waals surface area contributed by atoms with E-state index in [1.807, 2.05) is 13.0 Å². The molecule has 0 spiro atoms. The fraction of sp³-hybridized carbons (Fsp3) is 0.750. The van der Waals surface area contributed by atoms with Gasteiger partial charge in [-0.05, 0) is 6.92 Å². The van der Waals surface area contributed by atoms with Crippen molar-refractivity contribution in [3.05, 3.63) is 0 Å². The van der Waals surface area contributed by atoms with E-state index in [1.54, 1.807) is 4.90 Å². The number of carbonyl (C=O) groups is 1. The van der Waals surface area contributed by atoms with Crippen molar-refractivity contribution in [3.63, 3.8) is 0 Å². The maximum absolute atomic E-state index is 11.2. The molecule has 0 bridgehead atoms. The van der Waals surface area contributed by atoms with Gasteiger partial charge in [-0.15, -0.1) is 0 Å². The highest BCUT2D eigenvalue weighted by Crippen LogP contribution is 1.94. The van der Waals surface area contributed by atoms with Crippen molar-refractivity contribution in [2.24, 2.45) is 5.73 Å². The van der Waals surface area contributed by atoms with Crippen LogP contribution in [0, 0.1) is 11.3 Å². The molecule has 0 aliphatic rings. The lowest BCUT2D eigenvalue weighted by Crippen LogP contribution is -2.32. The Morgan fingerprint density at radius 3 is 2.75 bits per heavy atom. The summed E-state index contributed by atoms with van der Waals surface area (Å²) in [5, 5.41) is 8.31. The van der Waals surface area contributed by atoms with Crippen LogP contribution in [0.15, 0.2) is 0 Å². The summed E-state index contributed by atoms with van der Waals surface area (Å²) >= 11 is 0. The molecular formula is C8H15N3O. The van der Waals surface area contributed by atoms with Gasteiger partial charge in [-0.2, -0.15) is 5.26 Å². The Hall–Kier alpha value is -1.08. The number of nitrogens with two attached hydrogens (primary N) is 1. The highest BCUT2D eigenvalue weighted by Gasteiger charge is 2.08. The molecule has 0 saturated carbocycles. The van der Waals surface area contributed by atoms with Crippen molar-refractivity contribution in [2.45, 2.75) is 19.8 Å². The fourth-order valence-corrected chi connectivity index (χ4v) is 0.926. The van der Waals surface area contributed by atoms with Crippen LogP contribution < -0.4 is 5.73 Å². The number of amides is 1. The minimum atomic E-state index is 0.0373. The van der Waals surface area contributed by atoms with E-state index in [-0.39, 0.29) is 5.91 Å². The van der Waals surface area contributed by atoms with Crippen LogP contribution in [-0.2, 0) is 4.79 Å². The van der Waals surface area contributed by atoms with Gasteiger partial charge in [0.15, 0.2) is 0 Å². The molecule has 0 aromatic carbocycles. The van der Waals surface area contributed by atoms with Gasteiger partial charge in [-0.25, -0.2) is 0 Å². The summed E-state index contributed by atoms with van der Waals surface area (Å²) in [5.74, 6) is 0.0373. The molecule has 4 nitrogen and oxygen atoms in total. The maximum atomic E-state index is 11.2. The van der Waals surface area contributed by atoms with Crippen LogP contribution in [-0.4, -0.2) is 30.4 Å². The number of carbonyl (C=O) groups excluding carboxylic acids is 1. The molecule has 2 N–H and O–H groups in total. The van der Waals surface area contributed by atoms with E-state index in [4.69, 9.17) is 11.0 Å². The molecule has 0 aliphatic carbocycles. The first-order valence-corrected chi connectivity index (χ1v) is 4.11. The predicted octanol–water partition coefficient (Wildman–Crippen LogP) is 0.0974. The second kappa shape index (κ2) is 6.62. The second-order valence-electron chi connectivity index (χ2n) is 2.42. The largest absolute Gasteiger partial charge is 0.342 e. The minimum absolute atomic E-state index is 0.0373. The number of nitrogens with zero attached hydrogens (tertiary/aromatic N) is 2. The van der Waals surface area contributed by atoms with Gasteiger partial charge in [0.05, 0.1) is 12.5 Å². The Labute approximate surface area is 72.9 Å². The molecule has 0 fully saturated rings. The van der Waals surface area contributed by atoms with Gasteiger partial charge in [0.1, 0.15) is 0 Å². The molecule has 1 amide bonds. The molecule has 0 unspecified atom stereocenters. The van der Waals surface area contributed by atoms with Crippen LogP contribution in [0.2, 0.25) is 0 Å². The van der Waals surface area contributed by atoms with Crippen LogP contribution in [0.25, 0.3) is 0 Å². The molecule has 0 heterocycles. The first-order valence-electron chi connectivity index (χ1n) is 4.11. The summed E-state index contributed by atoms with van der Waals surface area (Å²) in [6.45, 7) is 3.44. The number of hydrogen-bond acceptors (Lipinski definition) is 3. The zero-order valence-electron chi connectivity index (χ0n) is 7.42. The van der Waals surface area contributed by atoms with E-state index in [9.17, 15) is 4.79 Å². The number of rotatable bonds is 5. The van der Waals surface area contributed by atoms with Crippen LogP contribution in [0.1, 0.15) is 19.8 Å². The normalized spacial score (nSPS) is 9.08. The smallest absolute Gasteiger partial charge is 0.223 e. The zero-order valence-corrected chi connectivity index (χ0v) is 7.42. The lowest BCUT2D eigenvalue weighted by Gasteiger charge is -2.18. The molecule has 4 heteroatoms. The van der Waals surface area contributed by atoms with Gasteiger partial charge in [-0.1, -0.05) is 0 Å². The highest BCUT2D eigenvalue weighted by molar-refractivity contribution is 5.76. The van der Waals surface area contributed by atoms with Gasteiger partial charge in [0.25, 0.3) is 0 Å². The first-order chi connectivity index (χ1) is 5.76. The quantitative estimate of drug-likeness (QED) is 0.634. The molecule has 12 heavy (non-hydrogen) atoms. The third-order valence-electron chi connectivity index (χ3n) is 1.59. The Bertz CT molecular complexity index is 174. The highest BCUT2D eigenvalue weighted by atomic mass is 16.2. The Morgan fingerprint density at radius 2 is 2.33 bits per heavy atom. The summed E-state index contributed by atoms with van der Waals surface area (Å²) in [5.41, 5.74) is 5.24. The van der Waals surface area contributed by atoms with Crippen molar-refractivity contribution in [1.82, 2.24) is 4.90 Å².